The Balaban J connectivity index is 2.09. The molecule has 0 aliphatic rings. The molecular weight excluding hydrogens is 230 g/mol. The molecule has 2 aromatic carbocycles. The third-order valence-electron chi connectivity index (χ3n) is 3.78. The summed E-state index contributed by atoms with van der Waals surface area (Å²) in [6.45, 7) is 4.33. The predicted octanol–water partition coefficient (Wildman–Crippen LogP) is 4.06. The maximum Gasteiger partial charge on any atom is 0.0148 e. The molecule has 0 aromatic heterocycles. The molecule has 0 spiro atoms. The molecule has 2 unspecified atom stereocenters. The van der Waals surface area contributed by atoms with E-state index in [2.05, 4.69) is 68.4 Å². The molecule has 2 atom stereocenters. The molecule has 100 valence electrons. The van der Waals surface area contributed by atoms with E-state index in [9.17, 15) is 0 Å². The van der Waals surface area contributed by atoms with Gasteiger partial charge in [-0.25, -0.2) is 0 Å². The van der Waals surface area contributed by atoms with Gasteiger partial charge < -0.3 is 5.73 Å². The highest BCUT2D eigenvalue weighted by Gasteiger charge is 2.18. The summed E-state index contributed by atoms with van der Waals surface area (Å²) in [5.74, 6) is 0.433. The first-order valence-electron chi connectivity index (χ1n) is 7.06. The molecular formula is C18H23N. The van der Waals surface area contributed by atoms with Crippen molar-refractivity contribution >= 4 is 0 Å². The van der Waals surface area contributed by atoms with E-state index in [1.165, 1.54) is 16.7 Å². The first-order chi connectivity index (χ1) is 9.20. The van der Waals surface area contributed by atoms with E-state index in [4.69, 9.17) is 5.73 Å². The molecule has 0 radical (unpaired) electrons. The minimum atomic E-state index is 0.176. The lowest BCUT2D eigenvalue weighted by Gasteiger charge is -2.23. The van der Waals surface area contributed by atoms with Crippen LogP contribution in [0.3, 0.4) is 0 Å². The molecule has 2 aromatic rings. The zero-order chi connectivity index (χ0) is 13.7. The molecule has 0 amide bonds. The van der Waals surface area contributed by atoms with Gasteiger partial charge in [-0.2, -0.15) is 0 Å². The monoisotopic (exact) mass is 253 g/mol. The second-order valence-corrected chi connectivity index (χ2v) is 5.28. The van der Waals surface area contributed by atoms with Gasteiger partial charge in [-0.1, -0.05) is 67.1 Å². The second kappa shape index (κ2) is 6.53. The fourth-order valence-corrected chi connectivity index (χ4v) is 2.62. The fraction of sp³-hybridized carbons (Fsp3) is 0.333. The van der Waals surface area contributed by atoms with Crippen LogP contribution in [0.4, 0.5) is 0 Å². The Hall–Kier alpha value is -1.60. The Labute approximate surface area is 116 Å². The normalized spacial score (nSPS) is 14.1. The summed E-state index contributed by atoms with van der Waals surface area (Å²) in [7, 11) is 0. The number of nitrogens with two attached hydrogens (primary N) is 1. The standard InChI is InChI=1S/C18H23N/c1-3-17(16-7-5-4-6-8-16)18(19)13-15-11-9-14(2)10-12-15/h4-12,17-18H,3,13,19H2,1-2H3. The van der Waals surface area contributed by atoms with Gasteiger partial charge >= 0.3 is 0 Å². The van der Waals surface area contributed by atoms with Crippen molar-refractivity contribution in [2.75, 3.05) is 0 Å². The van der Waals surface area contributed by atoms with Crippen LogP contribution in [-0.4, -0.2) is 6.04 Å². The van der Waals surface area contributed by atoms with Crippen LogP contribution in [0.15, 0.2) is 54.6 Å². The van der Waals surface area contributed by atoms with Crippen LogP contribution in [-0.2, 0) is 6.42 Å². The van der Waals surface area contributed by atoms with Crippen LogP contribution >= 0.6 is 0 Å². The van der Waals surface area contributed by atoms with E-state index in [1.54, 1.807) is 0 Å². The molecule has 1 heteroatoms. The first kappa shape index (κ1) is 13.8. The third-order valence-corrected chi connectivity index (χ3v) is 3.78. The van der Waals surface area contributed by atoms with Crippen LogP contribution in [0.25, 0.3) is 0 Å². The number of rotatable bonds is 5. The molecule has 0 aliphatic heterocycles. The van der Waals surface area contributed by atoms with Gasteiger partial charge in [-0.15, -0.1) is 0 Å². The largest absolute Gasteiger partial charge is 0.327 e. The molecule has 2 rings (SSSR count). The van der Waals surface area contributed by atoms with Gasteiger partial charge in [0, 0.05) is 6.04 Å². The van der Waals surface area contributed by atoms with Crippen LogP contribution < -0.4 is 5.73 Å². The lowest BCUT2D eigenvalue weighted by Crippen LogP contribution is -2.30. The van der Waals surface area contributed by atoms with Crippen LogP contribution in [0.5, 0.6) is 0 Å². The zero-order valence-corrected chi connectivity index (χ0v) is 11.8. The van der Waals surface area contributed by atoms with Crippen LogP contribution in [0, 0.1) is 6.92 Å². The van der Waals surface area contributed by atoms with Crippen molar-refractivity contribution in [2.45, 2.75) is 38.6 Å². The van der Waals surface area contributed by atoms with E-state index in [0.717, 1.165) is 12.8 Å². The number of hydrogen-bond donors (Lipinski definition) is 1. The van der Waals surface area contributed by atoms with E-state index in [-0.39, 0.29) is 6.04 Å². The molecule has 0 saturated carbocycles. The molecule has 0 fully saturated rings. The summed E-state index contributed by atoms with van der Waals surface area (Å²) in [4.78, 5) is 0. The lowest BCUT2D eigenvalue weighted by atomic mass is 9.86. The molecule has 19 heavy (non-hydrogen) atoms. The first-order valence-corrected chi connectivity index (χ1v) is 7.06. The molecule has 2 N–H and O–H groups in total. The maximum atomic E-state index is 6.43. The summed E-state index contributed by atoms with van der Waals surface area (Å²) in [5, 5.41) is 0. The predicted molar refractivity (Wildman–Crippen MR) is 82.3 cm³/mol. The van der Waals surface area contributed by atoms with Crippen molar-refractivity contribution < 1.29 is 0 Å². The van der Waals surface area contributed by atoms with E-state index in [1.807, 2.05) is 0 Å². The molecule has 0 bridgehead atoms. The number of benzene rings is 2. The van der Waals surface area contributed by atoms with Crippen molar-refractivity contribution in [2.24, 2.45) is 5.73 Å². The van der Waals surface area contributed by atoms with Gasteiger partial charge in [0.25, 0.3) is 0 Å². The SMILES string of the molecule is CCC(c1ccccc1)C(N)Cc1ccc(C)cc1. The average molecular weight is 253 g/mol. The molecule has 0 aliphatic carbocycles. The van der Waals surface area contributed by atoms with Gasteiger partial charge in [-0.05, 0) is 36.8 Å². The Bertz CT molecular complexity index is 487. The maximum absolute atomic E-state index is 6.43. The van der Waals surface area contributed by atoms with Crippen molar-refractivity contribution in [3.05, 3.63) is 71.3 Å². The fourth-order valence-electron chi connectivity index (χ4n) is 2.62. The molecule has 0 heterocycles. The molecule has 0 saturated heterocycles. The van der Waals surface area contributed by atoms with E-state index < -0.39 is 0 Å². The quantitative estimate of drug-likeness (QED) is 0.854. The summed E-state index contributed by atoms with van der Waals surface area (Å²) >= 11 is 0. The summed E-state index contributed by atoms with van der Waals surface area (Å²) < 4.78 is 0. The minimum absolute atomic E-state index is 0.176. The molecule has 1 nitrogen and oxygen atoms in total. The van der Waals surface area contributed by atoms with Gasteiger partial charge in [0.15, 0.2) is 0 Å². The van der Waals surface area contributed by atoms with Crippen molar-refractivity contribution in [1.29, 1.82) is 0 Å². The van der Waals surface area contributed by atoms with Gasteiger partial charge in [-0.3, -0.25) is 0 Å². The summed E-state index contributed by atoms with van der Waals surface area (Å²) in [6.07, 6.45) is 2.02. The van der Waals surface area contributed by atoms with Gasteiger partial charge in [0.2, 0.25) is 0 Å². The smallest absolute Gasteiger partial charge is 0.0148 e. The Morgan fingerprint density at radius 1 is 0.947 bits per heavy atom. The van der Waals surface area contributed by atoms with Crippen molar-refractivity contribution in [1.82, 2.24) is 0 Å². The summed E-state index contributed by atoms with van der Waals surface area (Å²) in [6, 6.07) is 19.5. The number of aryl methyl sites for hydroxylation is 1. The van der Waals surface area contributed by atoms with E-state index >= 15 is 0 Å². The van der Waals surface area contributed by atoms with Crippen LogP contribution in [0.2, 0.25) is 0 Å². The topological polar surface area (TPSA) is 26.0 Å². The Kier molecular flexibility index (Phi) is 4.75. The van der Waals surface area contributed by atoms with Crippen LogP contribution in [0.1, 0.15) is 36.0 Å². The Morgan fingerprint density at radius 3 is 2.16 bits per heavy atom. The van der Waals surface area contributed by atoms with Crippen molar-refractivity contribution in [3.63, 3.8) is 0 Å². The minimum Gasteiger partial charge on any atom is -0.327 e. The Morgan fingerprint density at radius 2 is 1.58 bits per heavy atom. The number of hydrogen-bond acceptors (Lipinski definition) is 1. The highest BCUT2D eigenvalue weighted by atomic mass is 14.6. The second-order valence-electron chi connectivity index (χ2n) is 5.28. The average Bonchev–Trinajstić information content (AvgIpc) is 2.43. The zero-order valence-electron chi connectivity index (χ0n) is 11.8. The summed E-state index contributed by atoms with van der Waals surface area (Å²) in [5.41, 5.74) is 10.4. The highest BCUT2D eigenvalue weighted by molar-refractivity contribution is 5.25. The van der Waals surface area contributed by atoms with Gasteiger partial charge in [0.1, 0.15) is 0 Å². The van der Waals surface area contributed by atoms with Gasteiger partial charge in [0.05, 0.1) is 0 Å². The lowest BCUT2D eigenvalue weighted by molar-refractivity contribution is 0.515. The highest BCUT2D eigenvalue weighted by Crippen LogP contribution is 2.24. The third kappa shape index (κ3) is 3.68. The van der Waals surface area contributed by atoms with Crippen molar-refractivity contribution in [3.8, 4) is 0 Å². The van der Waals surface area contributed by atoms with E-state index in [0.29, 0.717) is 5.92 Å².